The highest BCUT2D eigenvalue weighted by molar-refractivity contribution is 7.92. The van der Waals surface area contributed by atoms with Gasteiger partial charge in [-0.25, -0.2) is 13.8 Å². The minimum Gasteiger partial charge on any atom is -0.455 e. The van der Waals surface area contributed by atoms with E-state index in [9.17, 15) is 23.3 Å². The normalized spacial score (nSPS) is 11.6. The Hall–Kier alpha value is -3.99. The Labute approximate surface area is 197 Å². The van der Waals surface area contributed by atoms with Crippen LogP contribution in [0.5, 0.6) is 0 Å². The van der Waals surface area contributed by atoms with Gasteiger partial charge < -0.3 is 4.42 Å². The van der Waals surface area contributed by atoms with Crippen molar-refractivity contribution in [1.82, 2.24) is 5.43 Å². The molecule has 1 amide bonds. The summed E-state index contributed by atoms with van der Waals surface area (Å²) in [7, 11) is -3.70. The van der Waals surface area contributed by atoms with Gasteiger partial charge in [-0.1, -0.05) is 26.0 Å². The van der Waals surface area contributed by atoms with Gasteiger partial charge in [0.1, 0.15) is 18.1 Å². The fourth-order valence-corrected chi connectivity index (χ4v) is 3.94. The van der Waals surface area contributed by atoms with E-state index in [-0.39, 0.29) is 5.69 Å². The van der Waals surface area contributed by atoms with Gasteiger partial charge in [0.15, 0.2) is 0 Å². The van der Waals surface area contributed by atoms with Crippen molar-refractivity contribution in [3.63, 3.8) is 0 Å². The lowest BCUT2D eigenvalue weighted by Crippen LogP contribution is -2.39. The number of amides is 1. The van der Waals surface area contributed by atoms with Gasteiger partial charge in [0.25, 0.3) is 11.6 Å². The number of hydrazone groups is 1. The van der Waals surface area contributed by atoms with Crippen molar-refractivity contribution in [1.29, 1.82) is 0 Å². The zero-order chi connectivity index (χ0) is 24.9. The summed E-state index contributed by atoms with van der Waals surface area (Å²) in [5, 5.41) is 14.6. The van der Waals surface area contributed by atoms with Gasteiger partial charge in [0.05, 0.1) is 23.1 Å². The predicted molar refractivity (Wildman–Crippen MR) is 129 cm³/mol. The first-order valence-electron chi connectivity index (χ1n) is 10.3. The summed E-state index contributed by atoms with van der Waals surface area (Å²) in [4.78, 5) is 22.6. The van der Waals surface area contributed by atoms with Gasteiger partial charge in [0.2, 0.25) is 10.0 Å². The zero-order valence-electron chi connectivity index (χ0n) is 18.8. The smallest absolute Gasteiger partial charge is 0.269 e. The van der Waals surface area contributed by atoms with E-state index < -0.39 is 27.4 Å². The molecule has 1 N–H and O–H groups in total. The average Bonchev–Trinajstić information content (AvgIpc) is 3.26. The minimum absolute atomic E-state index is 0.0289. The number of hydrogen-bond acceptors (Lipinski definition) is 7. The number of nitro groups is 1. The Morgan fingerprint density at radius 1 is 1.12 bits per heavy atom. The number of furan rings is 1. The van der Waals surface area contributed by atoms with E-state index in [4.69, 9.17) is 4.42 Å². The van der Waals surface area contributed by atoms with Crippen LogP contribution in [0.3, 0.4) is 0 Å². The number of carbonyl (C=O) groups excluding carboxylic acids is 1. The lowest BCUT2D eigenvalue weighted by Gasteiger charge is -2.21. The molecule has 0 fully saturated rings. The minimum atomic E-state index is -3.70. The second-order valence-electron chi connectivity index (χ2n) is 7.82. The molecule has 3 aromatic rings. The Kier molecular flexibility index (Phi) is 7.47. The molecular weight excluding hydrogens is 460 g/mol. The molecule has 0 radical (unpaired) electrons. The van der Waals surface area contributed by atoms with E-state index in [1.54, 1.807) is 36.4 Å². The summed E-state index contributed by atoms with van der Waals surface area (Å²) in [5.41, 5.74) is 4.34. The fraction of sp³-hybridized carbons (Fsp3) is 0.217. The SMILES string of the molecule is CC(C)c1ccc(N(CC(=O)N/N=C\c2ccc(-c3ccc([N+](=O)[O-])cc3)o2)S(C)(=O)=O)cc1. The Bertz CT molecular complexity index is 1300. The molecule has 34 heavy (non-hydrogen) atoms. The van der Waals surface area contributed by atoms with Crippen LogP contribution in [-0.4, -0.2) is 38.3 Å². The molecule has 11 heteroatoms. The Balaban J connectivity index is 1.64. The number of nitro benzene ring substituents is 1. The summed E-state index contributed by atoms with van der Waals surface area (Å²) in [6.45, 7) is 3.62. The lowest BCUT2D eigenvalue weighted by molar-refractivity contribution is -0.384. The van der Waals surface area contributed by atoms with Crippen LogP contribution in [0.25, 0.3) is 11.3 Å². The first kappa shape index (κ1) is 24.6. The van der Waals surface area contributed by atoms with E-state index >= 15 is 0 Å². The number of nitrogens with one attached hydrogen (secondary N) is 1. The maximum Gasteiger partial charge on any atom is 0.269 e. The van der Waals surface area contributed by atoms with Crippen LogP contribution in [0.1, 0.15) is 31.1 Å². The van der Waals surface area contributed by atoms with Crippen LogP contribution >= 0.6 is 0 Å². The summed E-state index contributed by atoms with van der Waals surface area (Å²) in [6, 6.07) is 16.1. The molecule has 0 aliphatic heterocycles. The Morgan fingerprint density at radius 2 is 1.76 bits per heavy atom. The fourth-order valence-electron chi connectivity index (χ4n) is 3.08. The maximum atomic E-state index is 12.3. The summed E-state index contributed by atoms with van der Waals surface area (Å²) in [6.07, 6.45) is 2.30. The second-order valence-corrected chi connectivity index (χ2v) is 9.72. The molecule has 1 heterocycles. The van der Waals surface area contributed by atoms with E-state index in [2.05, 4.69) is 10.5 Å². The highest BCUT2D eigenvalue weighted by Crippen LogP contribution is 2.24. The maximum absolute atomic E-state index is 12.3. The molecule has 0 saturated heterocycles. The molecule has 0 unspecified atom stereocenters. The number of carbonyl (C=O) groups is 1. The van der Waals surface area contributed by atoms with E-state index in [0.717, 1.165) is 16.1 Å². The first-order valence-corrected chi connectivity index (χ1v) is 12.1. The van der Waals surface area contributed by atoms with Crippen LogP contribution in [0, 0.1) is 10.1 Å². The van der Waals surface area contributed by atoms with E-state index in [0.29, 0.717) is 28.7 Å². The number of rotatable bonds is 9. The van der Waals surface area contributed by atoms with Crippen molar-refractivity contribution < 1.29 is 22.6 Å². The van der Waals surface area contributed by atoms with Crippen LogP contribution in [-0.2, 0) is 14.8 Å². The van der Waals surface area contributed by atoms with Crippen molar-refractivity contribution in [2.75, 3.05) is 17.1 Å². The first-order chi connectivity index (χ1) is 16.0. The molecule has 0 atom stereocenters. The predicted octanol–water partition coefficient (Wildman–Crippen LogP) is 3.89. The molecule has 0 aliphatic carbocycles. The molecule has 3 rings (SSSR count). The van der Waals surface area contributed by atoms with Crippen molar-refractivity contribution in [2.24, 2.45) is 5.10 Å². The van der Waals surface area contributed by atoms with Crippen molar-refractivity contribution >= 4 is 33.5 Å². The quantitative estimate of drug-likeness (QED) is 0.278. The topological polar surface area (TPSA) is 135 Å². The molecule has 0 aliphatic rings. The van der Waals surface area contributed by atoms with Crippen molar-refractivity contribution in [3.05, 3.63) is 82.1 Å². The molecule has 10 nitrogen and oxygen atoms in total. The number of hydrogen-bond donors (Lipinski definition) is 1. The number of non-ortho nitro benzene ring substituents is 1. The monoisotopic (exact) mass is 484 g/mol. The van der Waals surface area contributed by atoms with E-state index in [1.165, 1.54) is 18.3 Å². The van der Waals surface area contributed by atoms with Crippen molar-refractivity contribution in [3.8, 4) is 11.3 Å². The van der Waals surface area contributed by atoms with Gasteiger partial charge in [-0.2, -0.15) is 5.10 Å². The molecular formula is C23H24N4O6S. The van der Waals surface area contributed by atoms with Gasteiger partial charge in [-0.15, -0.1) is 0 Å². The van der Waals surface area contributed by atoms with Crippen LogP contribution < -0.4 is 9.73 Å². The second kappa shape index (κ2) is 10.3. The Morgan fingerprint density at radius 3 is 2.32 bits per heavy atom. The van der Waals surface area contributed by atoms with Crippen molar-refractivity contribution in [2.45, 2.75) is 19.8 Å². The number of anilines is 1. The summed E-state index contributed by atoms with van der Waals surface area (Å²) < 4.78 is 31.1. The van der Waals surface area contributed by atoms with E-state index in [1.807, 2.05) is 26.0 Å². The molecule has 2 aromatic carbocycles. The lowest BCUT2D eigenvalue weighted by atomic mass is 10.0. The molecule has 0 bridgehead atoms. The molecule has 0 spiro atoms. The molecule has 1 aromatic heterocycles. The third kappa shape index (κ3) is 6.29. The highest BCUT2D eigenvalue weighted by Gasteiger charge is 2.21. The van der Waals surface area contributed by atoms with Crippen LogP contribution in [0.2, 0.25) is 0 Å². The average molecular weight is 485 g/mol. The third-order valence-electron chi connectivity index (χ3n) is 4.91. The number of benzene rings is 2. The highest BCUT2D eigenvalue weighted by atomic mass is 32.2. The summed E-state index contributed by atoms with van der Waals surface area (Å²) >= 11 is 0. The number of nitrogens with zero attached hydrogens (tertiary/aromatic N) is 3. The van der Waals surface area contributed by atoms with Gasteiger partial charge in [0, 0.05) is 17.7 Å². The van der Waals surface area contributed by atoms with Gasteiger partial charge in [-0.05, 0) is 47.9 Å². The van der Waals surface area contributed by atoms with Gasteiger partial charge in [-0.3, -0.25) is 19.2 Å². The third-order valence-corrected chi connectivity index (χ3v) is 6.05. The molecule has 178 valence electrons. The number of sulfonamides is 1. The largest absolute Gasteiger partial charge is 0.455 e. The zero-order valence-corrected chi connectivity index (χ0v) is 19.7. The molecule has 0 saturated carbocycles. The van der Waals surface area contributed by atoms with Gasteiger partial charge >= 0.3 is 0 Å². The summed E-state index contributed by atoms with van der Waals surface area (Å²) in [5.74, 6) is 0.464. The van der Waals surface area contributed by atoms with Crippen LogP contribution in [0.4, 0.5) is 11.4 Å². The standard InChI is InChI=1S/C23H24N4O6S/c1-16(2)17-4-8-19(9-5-17)26(34(3,31)32)15-23(28)25-24-14-21-12-13-22(33-21)18-6-10-20(11-7-18)27(29)30/h4-14,16H,15H2,1-3H3,(H,25,28)/b24-14-. The van der Waals surface area contributed by atoms with Crippen LogP contribution in [0.15, 0.2) is 70.2 Å².